The zero-order chi connectivity index (χ0) is 18.0. The van der Waals surface area contributed by atoms with Gasteiger partial charge in [0.2, 0.25) is 0 Å². The van der Waals surface area contributed by atoms with Gasteiger partial charge in [-0.1, -0.05) is 12.1 Å². The fourth-order valence-corrected chi connectivity index (χ4v) is 4.18. The van der Waals surface area contributed by atoms with Crippen LogP contribution < -0.4 is 9.47 Å². The van der Waals surface area contributed by atoms with E-state index in [9.17, 15) is 4.79 Å². The second kappa shape index (κ2) is 7.57. The smallest absolute Gasteiger partial charge is 0.255 e. The Morgan fingerprint density at radius 2 is 1.88 bits per heavy atom. The van der Waals surface area contributed by atoms with Gasteiger partial charge in [-0.05, 0) is 46.9 Å². The van der Waals surface area contributed by atoms with Gasteiger partial charge in [0.1, 0.15) is 5.01 Å². The number of nitrogens with zero attached hydrogens (tertiary/aromatic N) is 2. The highest BCUT2D eigenvalue weighted by Crippen LogP contribution is 2.32. The number of aromatic nitrogens is 1. The molecule has 0 saturated heterocycles. The van der Waals surface area contributed by atoms with Crippen molar-refractivity contribution in [2.45, 2.75) is 6.54 Å². The van der Waals surface area contributed by atoms with Gasteiger partial charge in [-0.15, -0.1) is 11.3 Å². The van der Waals surface area contributed by atoms with Gasteiger partial charge in [0.15, 0.2) is 11.5 Å². The number of thiazole rings is 1. The Balaban J connectivity index is 1.84. The van der Waals surface area contributed by atoms with Crippen molar-refractivity contribution in [3.8, 4) is 11.5 Å². The molecule has 0 aliphatic heterocycles. The van der Waals surface area contributed by atoms with Crippen LogP contribution in [0.2, 0.25) is 0 Å². The van der Waals surface area contributed by atoms with Crippen molar-refractivity contribution in [1.29, 1.82) is 0 Å². The Morgan fingerprint density at radius 3 is 2.56 bits per heavy atom. The van der Waals surface area contributed by atoms with E-state index >= 15 is 0 Å². The number of para-hydroxylation sites is 1. The van der Waals surface area contributed by atoms with Crippen LogP contribution in [0.4, 0.5) is 0 Å². The van der Waals surface area contributed by atoms with Gasteiger partial charge in [0.25, 0.3) is 5.91 Å². The number of carbonyl (C=O) groups excluding carboxylic acids is 1. The molecule has 0 aliphatic carbocycles. The van der Waals surface area contributed by atoms with Gasteiger partial charge in [0.05, 0.1) is 36.5 Å². The fraction of sp³-hybridized carbons (Fsp3) is 0.222. The summed E-state index contributed by atoms with van der Waals surface area (Å²) in [7, 11) is 4.92. The van der Waals surface area contributed by atoms with Crippen molar-refractivity contribution in [2.24, 2.45) is 0 Å². The number of methoxy groups -OCH3 is 2. The van der Waals surface area contributed by atoms with E-state index in [0.717, 1.165) is 18.8 Å². The monoisotopic (exact) mass is 468 g/mol. The van der Waals surface area contributed by atoms with Crippen molar-refractivity contribution < 1.29 is 14.3 Å². The van der Waals surface area contributed by atoms with E-state index < -0.39 is 0 Å². The summed E-state index contributed by atoms with van der Waals surface area (Å²) in [5.74, 6) is 1.07. The average molecular weight is 468 g/mol. The Bertz CT molecular complexity index is 893. The fourth-order valence-electron chi connectivity index (χ4n) is 2.49. The van der Waals surface area contributed by atoms with E-state index in [4.69, 9.17) is 9.47 Å². The molecule has 130 valence electrons. The first-order valence-electron chi connectivity index (χ1n) is 7.55. The van der Waals surface area contributed by atoms with Crippen LogP contribution in [-0.2, 0) is 6.54 Å². The van der Waals surface area contributed by atoms with Gasteiger partial charge in [0, 0.05) is 10.6 Å². The molecule has 25 heavy (non-hydrogen) atoms. The number of hydrogen-bond donors (Lipinski definition) is 0. The van der Waals surface area contributed by atoms with E-state index in [1.54, 1.807) is 49.6 Å². The number of carbonyl (C=O) groups is 1. The van der Waals surface area contributed by atoms with Crippen LogP contribution in [0, 0.1) is 3.57 Å². The number of amides is 1. The number of rotatable bonds is 5. The lowest BCUT2D eigenvalue weighted by Crippen LogP contribution is -2.27. The summed E-state index contributed by atoms with van der Waals surface area (Å²) in [5.41, 5.74) is 1.55. The maximum atomic E-state index is 12.9. The third-order valence-corrected chi connectivity index (χ3v) is 5.67. The lowest BCUT2D eigenvalue weighted by Gasteiger charge is -2.18. The molecular weight excluding hydrogens is 451 g/mol. The van der Waals surface area contributed by atoms with Gasteiger partial charge < -0.3 is 14.4 Å². The molecule has 0 unspecified atom stereocenters. The minimum absolute atomic E-state index is 0.0791. The van der Waals surface area contributed by atoms with Crippen LogP contribution in [0.1, 0.15) is 15.4 Å². The van der Waals surface area contributed by atoms with Crippen molar-refractivity contribution >= 4 is 50.1 Å². The molecule has 1 heterocycles. The molecule has 1 aromatic heterocycles. The molecule has 0 N–H and O–H groups in total. The molecule has 0 spiro atoms. The molecule has 7 heteroatoms. The number of benzene rings is 2. The molecule has 3 aromatic rings. The van der Waals surface area contributed by atoms with Gasteiger partial charge in [-0.2, -0.15) is 0 Å². The summed E-state index contributed by atoms with van der Waals surface area (Å²) in [4.78, 5) is 19.1. The zero-order valence-electron chi connectivity index (χ0n) is 14.1. The number of ether oxygens (including phenoxy) is 2. The molecule has 0 fully saturated rings. The summed E-state index contributed by atoms with van der Waals surface area (Å²) in [5, 5.41) is 0.910. The third kappa shape index (κ3) is 3.72. The van der Waals surface area contributed by atoms with Crippen molar-refractivity contribution in [3.05, 3.63) is 50.5 Å². The molecule has 0 atom stereocenters. The topological polar surface area (TPSA) is 51.7 Å². The average Bonchev–Trinajstić information content (AvgIpc) is 3.02. The van der Waals surface area contributed by atoms with Crippen LogP contribution in [0.3, 0.4) is 0 Å². The minimum atomic E-state index is -0.0791. The van der Waals surface area contributed by atoms with Crippen molar-refractivity contribution in [2.75, 3.05) is 21.3 Å². The molecule has 0 saturated carbocycles. The van der Waals surface area contributed by atoms with E-state index in [0.29, 0.717) is 23.6 Å². The van der Waals surface area contributed by atoms with Crippen LogP contribution in [0.25, 0.3) is 10.2 Å². The molecule has 3 rings (SSSR count). The first-order valence-corrected chi connectivity index (χ1v) is 9.44. The van der Waals surface area contributed by atoms with Crippen LogP contribution in [-0.4, -0.2) is 37.1 Å². The first kappa shape index (κ1) is 17.9. The first-order chi connectivity index (χ1) is 12.0. The predicted octanol–water partition coefficient (Wildman–Crippen LogP) is 4.19. The second-order valence-corrected chi connectivity index (χ2v) is 7.70. The highest BCUT2D eigenvalue weighted by molar-refractivity contribution is 14.1. The Hall–Kier alpha value is -1.87. The minimum Gasteiger partial charge on any atom is -0.493 e. The second-order valence-electron chi connectivity index (χ2n) is 5.42. The summed E-state index contributed by atoms with van der Waals surface area (Å²) >= 11 is 3.74. The largest absolute Gasteiger partial charge is 0.493 e. The van der Waals surface area contributed by atoms with E-state index in [2.05, 4.69) is 27.6 Å². The van der Waals surface area contributed by atoms with Crippen molar-refractivity contribution in [3.63, 3.8) is 0 Å². The molecule has 0 bridgehead atoms. The van der Waals surface area contributed by atoms with Gasteiger partial charge in [-0.3, -0.25) is 4.79 Å². The van der Waals surface area contributed by atoms with E-state index in [1.165, 1.54) is 0 Å². The summed E-state index contributed by atoms with van der Waals surface area (Å²) in [6.07, 6.45) is 0. The molecule has 5 nitrogen and oxygen atoms in total. The maximum absolute atomic E-state index is 12.9. The molecule has 1 amide bonds. The zero-order valence-corrected chi connectivity index (χ0v) is 17.1. The van der Waals surface area contributed by atoms with E-state index in [1.807, 2.05) is 24.3 Å². The molecule has 0 aliphatic rings. The highest BCUT2D eigenvalue weighted by Gasteiger charge is 2.20. The Morgan fingerprint density at radius 1 is 1.20 bits per heavy atom. The summed E-state index contributed by atoms with van der Waals surface area (Å²) < 4.78 is 12.5. The lowest BCUT2D eigenvalue weighted by molar-refractivity contribution is 0.0783. The van der Waals surface area contributed by atoms with Gasteiger partial charge >= 0.3 is 0 Å². The van der Waals surface area contributed by atoms with Crippen molar-refractivity contribution in [1.82, 2.24) is 9.88 Å². The van der Waals surface area contributed by atoms with Crippen LogP contribution in [0.15, 0.2) is 36.4 Å². The maximum Gasteiger partial charge on any atom is 0.255 e. The summed E-state index contributed by atoms with van der Waals surface area (Å²) in [6, 6.07) is 11.5. The number of halogens is 1. The van der Waals surface area contributed by atoms with Gasteiger partial charge in [-0.25, -0.2) is 4.98 Å². The normalized spacial score (nSPS) is 10.7. The Kier molecular flexibility index (Phi) is 5.43. The number of hydrogen-bond acceptors (Lipinski definition) is 5. The third-order valence-electron chi connectivity index (χ3n) is 3.76. The van der Waals surface area contributed by atoms with E-state index in [-0.39, 0.29) is 5.91 Å². The molecule has 2 aromatic carbocycles. The Labute approximate surface area is 163 Å². The molecular formula is C18H17IN2O3S. The summed E-state index contributed by atoms with van der Waals surface area (Å²) in [6.45, 7) is 0.461. The quantitative estimate of drug-likeness (QED) is 0.527. The molecule has 0 radical (unpaired) electrons. The van der Waals surface area contributed by atoms with Crippen LogP contribution >= 0.6 is 33.9 Å². The highest BCUT2D eigenvalue weighted by atomic mass is 127. The lowest BCUT2D eigenvalue weighted by atomic mass is 10.1. The standard InChI is InChI=1S/C18H17IN2O3S/c1-21(10-17-20-13-6-4-5-7-16(13)25-17)18(22)11-8-14(23-2)15(24-3)9-12(11)19/h4-9H,10H2,1-3H3. The number of fused-ring (bicyclic) bond motifs is 1. The predicted molar refractivity (Wildman–Crippen MR) is 108 cm³/mol. The SMILES string of the molecule is COc1cc(I)c(C(=O)N(C)Cc2nc3ccccc3s2)cc1OC. The van der Waals surface area contributed by atoms with Crippen LogP contribution in [0.5, 0.6) is 11.5 Å².